The van der Waals surface area contributed by atoms with E-state index in [2.05, 4.69) is 0 Å². The summed E-state index contributed by atoms with van der Waals surface area (Å²) in [6, 6.07) is 6.41. The van der Waals surface area contributed by atoms with Crippen LogP contribution in [0.4, 0.5) is 4.39 Å². The zero-order valence-corrected chi connectivity index (χ0v) is 15.6. The number of nitrogens with zero attached hydrogens (tertiary/aromatic N) is 2. The third kappa shape index (κ3) is 4.59. The number of benzene rings is 1. The van der Waals surface area contributed by atoms with E-state index in [0.29, 0.717) is 24.2 Å². The predicted octanol–water partition coefficient (Wildman–Crippen LogP) is 3.63. The van der Waals surface area contributed by atoms with Gasteiger partial charge in [-0.3, -0.25) is 4.79 Å². The topological polar surface area (TPSA) is 70.1 Å². The second-order valence-electron chi connectivity index (χ2n) is 6.96. The van der Waals surface area contributed by atoms with Crippen molar-refractivity contribution in [3.05, 3.63) is 52.9 Å². The number of amides is 1. The number of carbonyl (C=O) groups is 1. The van der Waals surface area contributed by atoms with E-state index in [4.69, 9.17) is 11.0 Å². The first-order valence-corrected chi connectivity index (χ1v) is 9.00. The molecule has 1 aliphatic heterocycles. The Kier molecular flexibility index (Phi) is 6.70. The van der Waals surface area contributed by atoms with Crippen LogP contribution >= 0.6 is 0 Å². The highest BCUT2D eigenvalue weighted by atomic mass is 19.1. The minimum atomic E-state index is -0.549. The summed E-state index contributed by atoms with van der Waals surface area (Å²) in [7, 11) is 0. The Hall–Kier alpha value is -2.45. The number of nitriles is 1. The number of hydrogen-bond donors (Lipinski definition) is 1. The average Bonchev–Trinajstić information content (AvgIpc) is 2.61. The van der Waals surface area contributed by atoms with E-state index in [1.54, 1.807) is 17.0 Å². The normalized spacial score (nSPS) is 18.8. The Balaban J connectivity index is 2.35. The Morgan fingerprint density at radius 1 is 1.46 bits per heavy atom. The van der Waals surface area contributed by atoms with Gasteiger partial charge < -0.3 is 10.6 Å². The van der Waals surface area contributed by atoms with Crippen molar-refractivity contribution in [3.63, 3.8) is 0 Å². The van der Waals surface area contributed by atoms with E-state index in [0.717, 1.165) is 18.4 Å². The molecule has 138 valence electrons. The third-order valence-electron chi connectivity index (χ3n) is 4.66. The lowest BCUT2D eigenvalue weighted by Crippen LogP contribution is -2.46. The van der Waals surface area contributed by atoms with Crippen LogP contribution in [-0.2, 0) is 4.79 Å². The van der Waals surface area contributed by atoms with Gasteiger partial charge in [0.15, 0.2) is 0 Å². The molecule has 2 rings (SSSR count). The summed E-state index contributed by atoms with van der Waals surface area (Å²) in [5.41, 5.74) is 8.12. The molecule has 0 bridgehead atoms. The van der Waals surface area contributed by atoms with Gasteiger partial charge in [0.1, 0.15) is 11.9 Å². The van der Waals surface area contributed by atoms with Crippen molar-refractivity contribution in [2.45, 2.75) is 39.7 Å². The zero-order chi connectivity index (χ0) is 19.3. The van der Waals surface area contributed by atoms with Gasteiger partial charge in [-0.15, -0.1) is 0 Å². The molecule has 0 saturated carbocycles. The predicted molar refractivity (Wildman–Crippen MR) is 101 cm³/mol. The van der Waals surface area contributed by atoms with Crippen molar-refractivity contribution in [1.29, 1.82) is 5.26 Å². The van der Waals surface area contributed by atoms with Gasteiger partial charge in [0.2, 0.25) is 0 Å². The minimum absolute atomic E-state index is 0.0153. The van der Waals surface area contributed by atoms with Crippen molar-refractivity contribution >= 4 is 11.5 Å². The quantitative estimate of drug-likeness (QED) is 0.662. The molecule has 1 unspecified atom stereocenters. The van der Waals surface area contributed by atoms with Crippen molar-refractivity contribution in [1.82, 2.24) is 4.90 Å². The summed E-state index contributed by atoms with van der Waals surface area (Å²) in [5, 5.41) is 8.90. The summed E-state index contributed by atoms with van der Waals surface area (Å²) >= 11 is 0. The SMILES string of the molecule is CC=C(/C=C(/c1ccc(C#N)c(F)c1)C(C)C)C(=O)N1CCCC(N)C1. The van der Waals surface area contributed by atoms with Crippen molar-refractivity contribution in [2.75, 3.05) is 13.1 Å². The molecule has 0 radical (unpaired) electrons. The van der Waals surface area contributed by atoms with Crippen LogP contribution < -0.4 is 5.73 Å². The van der Waals surface area contributed by atoms with Crippen molar-refractivity contribution in [2.24, 2.45) is 11.7 Å². The summed E-state index contributed by atoms with van der Waals surface area (Å²) < 4.78 is 14.0. The fourth-order valence-corrected chi connectivity index (χ4v) is 3.18. The molecule has 0 aliphatic carbocycles. The number of likely N-dealkylation sites (tertiary alicyclic amines) is 1. The molecule has 1 saturated heterocycles. The van der Waals surface area contributed by atoms with Crippen LogP contribution in [-0.4, -0.2) is 29.9 Å². The number of nitrogens with two attached hydrogens (primary N) is 1. The molecule has 1 aromatic carbocycles. The van der Waals surface area contributed by atoms with Gasteiger partial charge in [0.25, 0.3) is 5.91 Å². The van der Waals surface area contributed by atoms with Crippen LogP contribution in [0.15, 0.2) is 35.9 Å². The summed E-state index contributed by atoms with van der Waals surface area (Å²) in [6.07, 6.45) is 5.46. The van der Waals surface area contributed by atoms with Crippen LogP contribution in [0, 0.1) is 23.1 Å². The summed E-state index contributed by atoms with van der Waals surface area (Å²) in [6.45, 7) is 7.09. The molecule has 5 heteroatoms. The lowest BCUT2D eigenvalue weighted by atomic mass is 9.92. The van der Waals surface area contributed by atoms with E-state index >= 15 is 0 Å². The second-order valence-corrected chi connectivity index (χ2v) is 6.96. The number of carbonyl (C=O) groups excluding carboxylic acids is 1. The van der Waals surface area contributed by atoms with E-state index in [9.17, 15) is 9.18 Å². The third-order valence-corrected chi connectivity index (χ3v) is 4.66. The van der Waals surface area contributed by atoms with Crippen LogP contribution in [0.5, 0.6) is 0 Å². The number of piperidine rings is 1. The standard InChI is InChI=1S/C21H26FN3O/c1-4-15(21(26)25-9-5-6-18(24)13-25)10-19(14(2)3)16-7-8-17(12-23)20(22)11-16/h4,7-8,10-11,14,18H,5-6,9,13,24H2,1-3H3/b15-4?,19-10+. The number of rotatable bonds is 4. The lowest BCUT2D eigenvalue weighted by molar-refractivity contribution is -0.127. The van der Waals surface area contributed by atoms with Gasteiger partial charge in [-0.05, 0) is 55.0 Å². The lowest BCUT2D eigenvalue weighted by Gasteiger charge is -2.31. The molecule has 4 nitrogen and oxygen atoms in total. The van der Waals surface area contributed by atoms with Gasteiger partial charge in [0.05, 0.1) is 5.56 Å². The molecule has 1 aliphatic rings. The summed E-state index contributed by atoms with van der Waals surface area (Å²) in [5.74, 6) is -0.504. The van der Waals surface area contributed by atoms with Gasteiger partial charge in [-0.2, -0.15) is 5.26 Å². The molecule has 1 atom stereocenters. The maximum Gasteiger partial charge on any atom is 0.253 e. The van der Waals surface area contributed by atoms with E-state index in [1.165, 1.54) is 12.1 Å². The van der Waals surface area contributed by atoms with E-state index < -0.39 is 5.82 Å². The van der Waals surface area contributed by atoms with Gasteiger partial charge in [-0.1, -0.05) is 26.0 Å². The molecular weight excluding hydrogens is 329 g/mol. The minimum Gasteiger partial charge on any atom is -0.337 e. The smallest absolute Gasteiger partial charge is 0.253 e. The van der Waals surface area contributed by atoms with Crippen molar-refractivity contribution in [3.8, 4) is 6.07 Å². The molecule has 0 aromatic heterocycles. The molecular formula is C21H26FN3O. The first-order valence-electron chi connectivity index (χ1n) is 9.00. The first kappa shape index (κ1) is 19.9. The maximum atomic E-state index is 14.0. The highest BCUT2D eigenvalue weighted by Crippen LogP contribution is 2.27. The van der Waals surface area contributed by atoms with Gasteiger partial charge in [0, 0.05) is 24.7 Å². The van der Waals surface area contributed by atoms with E-state index in [-0.39, 0.29) is 23.4 Å². The molecule has 1 heterocycles. The number of halogens is 1. The fourth-order valence-electron chi connectivity index (χ4n) is 3.18. The van der Waals surface area contributed by atoms with Gasteiger partial charge in [-0.25, -0.2) is 4.39 Å². The van der Waals surface area contributed by atoms with E-state index in [1.807, 2.05) is 32.9 Å². The Morgan fingerprint density at radius 3 is 2.73 bits per heavy atom. The van der Waals surface area contributed by atoms with Gasteiger partial charge >= 0.3 is 0 Å². The first-order chi connectivity index (χ1) is 12.4. The summed E-state index contributed by atoms with van der Waals surface area (Å²) in [4.78, 5) is 14.7. The van der Waals surface area contributed by atoms with Crippen LogP contribution in [0.2, 0.25) is 0 Å². The molecule has 1 amide bonds. The number of hydrogen-bond acceptors (Lipinski definition) is 3. The molecule has 2 N–H and O–H groups in total. The molecule has 26 heavy (non-hydrogen) atoms. The molecule has 0 spiro atoms. The van der Waals surface area contributed by atoms with Crippen LogP contribution in [0.25, 0.3) is 5.57 Å². The highest BCUT2D eigenvalue weighted by Gasteiger charge is 2.23. The number of allylic oxidation sites excluding steroid dienone is 2. The Bertz CT molecular complexity index is 774. The molecule has 1 fully saturated rings. The van der Waals surface area contributed by atoms with Crippen LogP contribution in [0.1, 0.15) is 44.7 Å². The van der Waals surface area contributed by atoms with Crippen molar-refractivity contribution < 1.29 is 9.18 Å². The largest absolute Gasteiger partial charge is 0.337 e. The highest BCUT2D eigenvalue weighted by molar-refractivity contribution is 5.98. The monoisotopic (exact) mass is 355 g/mol. The Morgan fingerprint density at radius 2 is 2.19 bits per heavy atom. The molecule has 1 aromatic rings. The fraction of sp³-hybridized carbons (Fsp3) is 0.429. The zero-order valence-electron chi connectivity index (χ0n) is 15.6. The second kappa shape index (κ2) is 8.77. The Labute approximate surface area is 154 Å². The average molecular weight is 355 g/mol. The maximum absolute atomic E-state index is 14.0. The van der Waals surface area contributed by atoms with Crippen LogP contribution in [0.3, 0.4) is 0 Å².